The van der Waals surface area contributed by atoms with E-state index in [-0.39, 0.29) is 11.3 Å². The summed E-state index contributed by atoms with van der Waals surface area (Å²) < 4.78 is 5.33. The maximum absolute atomic E-state index is 12.9. The van der Waals surface area contributed by atoms with Crippen LogP contribution in [0.15, 0.2) is 60.2 Å². The van der Waals surface area contributed by atoms with E-state index in [0.717, 1.165) is 24.8 Å². The van der Waals surface area contributed by atoms with Crippen LogP contribution in [0.25, 0.3) is 5.76 Å². The molecule has 1 amide bonds. The van der Waals surface area contributed by atoms with Gasteiger partial charge in [-0.3, -0.25) is 9.59 Å². The molecule has 2 aromatic rings. The van der Waals surface area contributed by atoms with E-state index in [9.17, 15) is 14.7 Å². The Bertz CT molecular complexity index is 888. The molecule has 28 heavy (non-hydrogen) atoms. The first kappa shape index (κ1) is 19.7. The second-order valence-corrected chi connectivity index (χ2v) is 6.81. The van der Waals surface area contributed by atoms with Crippen molar-refractivity contribution in [1.29, 1.82) is 0 Å². The molecule has 1 unspecified atom stereocenters. The van der Waals surface area contributed by atoms with E-state index in [4.69, 9.17) is 4.74 Å². The Morgan fingerprint density at radius 1 is 1.04 bits per heavy atom. The van der Waals surface area contributed by atoms with Crippen LogP contribution >= 0.6 is 0 Å². The summed E-state index contributed by atoms with van der Waals surface area (Å²) in [5, 5.41) is 11.0. The monoisotopic (exact) mass is 379 g/mol. The molecule has 0 spiro atoms. The number of carbonyl (C=O) groups excluding carboxylic acids is 2. The number of hydrogen-bond acceptors (Lipinski definition) is 4. The number of nitrogens with zero attached hydrogens (tertiary/aromatic N) is 1. The lowest BCUT2D eigenvalue weighted by atomic mass is 9.95. The lowest BCUT2D eigenvalue weighted by Crippen LogP contribution is -2.30. The van der Waals surface area contributed by atoms with Crippen LogP contribution in [-0.2, 0) is 9.59 Å². The summed E-state index contributed by atoms with van der Waals surface area (Å²) in [6.45, 7) is 2.56. The molecular weight excluding hydrogens is 354 g/mol. The number of ketones is 1. The van der Waals surface area contributed by atoms with Crippen LogP contribution in [0, 0.1) is 0 Å². The molecule has 3 rings (SSSR count). The number of para-hydroxylation sites is 1. The molecule has 1 N–H and O–H groups in total. The molecule has 1 aliphatic rings. The lowest BCUT2D eigenvalue weighted by molar-refractivity contribution is -0.139. The van der Waals surface area contributed by atoms with Crippen molar-refractivity contribution in [2.24, 2.45) is 0 Å². The van der Waals surface area contributed by atoms with E-state index in [1.807, 2.05) is 30.3 Å². The summed E-state index contributed by atoms with van der Waals surface area (Å²) in [4.78, 5) is 27.3. The van der Waals surface area contributed by atoms with Gasteiger partial charge in [-0.15, -0.1) is 0 Å². The summed E-state index contributed by atoms with van der Waals surface area (Å²) in [5.41, 5.74) is 1.31. The van der Waals surface area contributed by atoms with Gasteiger partial charge >= 0.3 is 0 Å². The van der Waals surface area contributed by atoms with Gasteiger partial charge in [-0.25, -0.2) is 0 Å². The van der Waals surface area contributed by atoms with Crippen LogP contribution in [0.3, 0.4) is 0 Å². The second-order valence-electron chi connectivity index (χ2n) is 6.81. The lowest BCUT2D eigenvalue weighted by Gasteiger charge is -2.25. The van der Waals surface area contributed by atoms with Crippen molar-refractivity contribution in [3.63, 3.8) is 0 Å². The number of Topliss-reactive ketones (excluding diaryl/α,β-unsaturated/α-hetero) is 1. The minimum absolute atomic E-state index is 0.109. The number of rotatable bonds is 7. The quantitative estimate of drug-likeness (QED) is 0.337. The molecule has 5 heteroatoms. The minimum Gasteiger partial charge on any atom is -0.507 e. The Morgan fingerprint density at radius 3 is 2.39 bits per heavy atom. The highest BCUT2D eigenvalue weighted by Gasteiger charge is 2.45. The Kier molecular flexibility index (Phi) is 6.14. The van der Waals surface area contributed by atoms with Gasteiger partial charge < -0.3 is 14.7 Å². The van der Waals surface area contributed by atoms with Crippen LogP contribution in [0.4, 0.5) is 0 Å². The zero-order valence-electron chi connectivity index (χ0n) is 16.2. The summed E-state index contributed by atoms with van der Waals surface area (Å²) in [7, 11) is 1.50. The van der Waals surface area contributed by atoms with Gasteiger partial charge in [0.15, 0.2) is 0 Å². The standard InChI is InChI=1S/C23H25NO4/c1-3-4-10-15-24-20(16-11-6-5-7-12-16)19(22(26)23(24)27)21(25)17-13-8-9-14-18(17)28-2/h5-9,11-14,20,25H,3-4,10,15H2,1-2H3/b21-19-. The largest absolute Gasteiger partial charge is 0.507 e. The third-order valence-corrected chi connectivity index (χ3v) is 5.02. The molecule has 1 atom stereocenters. The van der Waals surface area contributed by atoms with E-state index in [1.54, 1.807) is 29.2 Å². The molecule has 1 fully saturated rings. The summed E-state index contributed by atoms with van der Waals surface area (Å²) in [6.07, 6.45) is 2.79. The van der Waals surface area contributed by atoms with E-state index < -0.39 is 17.7 Å². The number of aliphatic hydroxyl groups excluding tert-OH is 1. The number of likely N-dealkylation sites (tertiary alicyclic amines) is 1. The fourth-order valence-electron chi connectivity index (χ4n) is 3.61. The minimum atomic E-state index is -0.659. The smallest absolute Gasteiger partial charge is 0.295 e. The predicted octanol–water partition coefficient (Wildman–Crippen LogP) is 4.31. The first-order valence-electron chi connectivity index (χ1n) is 9.56. The zero-order chi connectivity index (χ0) is 20.1. The normalized spacial score (nSPS) is 18.5. The van der Waals surface area contributed by atoms with Gasteiger partial charge in [0.2, 0.25) is 0 Å². The van der Waals surface area contributed by atoms with E-state index in [2.05, 4.69) is 6.92 Å². The fraction of sp³-hybridized carbons (Fsp3) is 0.304. The van der Waals surface area contributed by atoms with Crippen LogP contribution < -0.4 is 4.74 Å². The molecule has 5 nitrogen and oxygen atoms in total. The third-order valence-electron chi connectivity index (χ3n) is 5.02. The Morgan fingerprint density at radius 2 is 1.71 bits per heavy atom. The molecule has 0 radical (unpaired) electrons. The zero-order valence-corrected chi connectivity index (χ0v) is 16.2. The van der Waals surface area contributed by atoms with Crippen LogP contribution in [0.5, 0.6) is 5.75 Å². The van der Waals surface area contributed by atoms with Crippen LogP contribution in [-0.4, -0.2) is 35.4 Å². The molecule has 1 heterocycles. The van der Waals surface area contributed by atoms with E-state index in [1.165, 1.54) is 7.11 Å². The molecular formula is C23H25NO4. The van der Waals surface area contributed by atoms with Gasteiger partial charge in [0, 0.05) is 6.54 Å². The maximum Gasteiger partial charge on any atom is 0.295 e. The molecule has 0 aliphatic carbocycles. The SMILES string of the molecule is CCCCCN1C(=O)C(=O)/C(=C(\O)c2ccccc2OC)C1c1ccccc1. The number of amides is 1. The average Bonchev–Trinajstić information content (AvgIpc) is 2.99. The van der Waals surface area contributed by atoms with Crippen LogP contribution in [0.2, 0.25) is 0 Å². The van der Waals surface area contributed by atoms with E-state index in [0.29, 0.717) is 17.9 Å². The van der Waals surface area contributed by atoms with Crippen molar-refractivity contribution in [3.8, 4) is 5.75 Å². The Hall–Kier alpha value is -3.08. The van der Waals surface area contributed by atoms with Crippen molar-refractivity contribution < 1.29 is 19.4 Å². The van der Waals surface area contributed by atoms with Crippen molar-refractivity contribution in [1.82, 2.24) is 4.90 Å². The molecule has 1 aliphatic heterocycles. The summed E-state index contributed by atoms with van der Waals surface area (Å²) in [5.74, 6) is -0.984. The average molecular weight is 379 g/mol. The van der Waals surface area contributed by atoms with Gasteiger partial charge in [0.25, 0.3) is 11.7 Å². The van der Waals surface area contributed by atoms with Crippen molar-refractivity contribution in [2.75, 3.05) is 13.7 Å². The third kappa shape index (κ3) is 3.65. The topological polar surface area (TPSA) is 66.8 Å². The molecule has 0 saturated carbocycles. The number of methoxy groups -OCH3 is 1. The Balaban J connectivity index is 2.14. The number of carbonyl (C=O) groups is 2. The van der Waals surface area contributed by atoms with Crippen molar-refractivity contribution >= 4 is 17.4 Å². The number of hydrogen-bond donors (Lipinski definition) is 1. The molecule has 146 valence electrons. The maximum atomic E-state index is 12.9. The first-order valence-corrected chi connectivity index (χ1v) is 9.56. The highest BCUT2D eigenvalue weighted by molar-refractivity contribution is 6.46. The van der Waals surface area contributed by atoms with Gasteiger partial charge in [-0.1, -0.05) is 62.2 Å². The van der Waals surface area contributed by atoms with Gasteiger partial charge in [-0.2, -0.15) is 0 Å². The van der Waals surface area contributed by atoms with E-state index >= 15 is 0 Å². The molecule has 0 aromatic heterocycles. The highest BCUT2D eigenvalue weighted by Crippen LogP contribution is 2.40. The second kappa shape index (κ2) is 8.74. The fourth-order valence-corrected chi connectivity index (χ4v) is 3.61. The number of aliphatic hydroxyl groups is 1. The molecule has 2 aromatic carbocycles. The van der Waals surface area contributed by atoms with Gasteiger partial charge in [-0.05, 0) is 24.1 Å². The number of benzene rings is 2. The summed E-state index contributed by atoms with van der Waals surface area (Å²) in [6, 6.07) is 15.7. The van der Waals surface area contributed by atoms with Gasteiger partial charge in [0.1, 0.15) is 11.5 Å². The van der Waals surface area contributed by atoms with Crippen LogP contribution in [0.1, 0.15) is 43.4 Å². The van der Waals surface area contributed by atoms with Gasteiger partial charge in [0.05, 0.1) is 24.3 Å². The van der Waals surface area contributed by atoms with Crippen molar-refractivity contribution in [2.45, 2.75) is 32.2 Å². The number of unbranched alkanes of at least 4 members (excludes halogenated alkanes) is 2. The first-order chi connectivity index (χ1) is 13.6. The predicted molar refractivity (Wildman–Crippen MR) is 108 cm³/mol. The Labute approximate surface area is 165 Å². The summed E-state index contributed by atoms with van der Waals surface area (Å²) >= 11 is 0. The van der Waals surface area contributed by atoms with Crippen molar-refractivity contribution in [3.05, 3.63) is 71.3 Å². The highest BCUT2D eigenvalue weighted by atomic mass is 16.5. The molecule has 0 bridgehead atoms. The molecule has 1 saturated heterocycles. The number of ether oxygens (including phenoxy) is 1.